The van der Waals surface area contributed by atoms with Gasteiger partial charge in [-0.25, -0.2) is 5.48 Å². The molecule has 0 saturated carbocycles. The van der Waals surface area contributed by atoms with Crippen molar-refractivity contribution in [1.29, 1.82) is 0 Å². The van der Waals surface area contributed by atoms with Crippen LogP contribution in [0.15, 0.2) is 43.9 Å². The standard InChI is InChI=1S/C12H9Br3N2O2/c13-8-3-1-7(2-4-8)6-19-17-12(18)10-5-9(14)11(15)16-10/h1-5,16H,6H2,(H,17,18). The minimum Gasteiger partial charge on any atom is -0.344 e. The lowest BCUT2D eigenvalue weighted by Crippen LogP contribution is -2.23. The van der Waals surface area contributed by atoms with Crippen molar-refractivity contribution in [2.45, 2.75) is 6.61 Å². The van der Waals surface area contributed by atoms with Crippen LogP contribution in [-0.2, 0) is 11.4 Å². The molecule has 4 nitrogen and oxygen atoms in total. The van der Waals surface area contributed by atoms with Gasteiger partial charge in [-0.05, 0) is 55.6 Å². The third-order valence-electron chi connectivity index (χ3n) is 2.29. The van der Waals surface area contributed by atoms with E-state index in [0.717, 1.165) is 14.5 Å². The summed E-state index contributed by atoms with van der Waals surface area (Å²) in [4.78, 5) is 19.8. The van der Waals surface area contributed by atoms with Crippen molar-refractivity contribution in [3.8, 4) is 0 Å². The van der Waals surface area contributed by atoms with Gasteiger partial charge in [-0.1, -0.05) is 28.1 Å². The number of nitrogens with one attached hydrogen (secondary N) is 2. The number of benzene rings is 1. The van der Waals surface area contributed by atoms with Gasteiger partial charge in [0.1, 0.15) is 5.69 Å². The Labute approximate surface area is 135 Å². The first-order chi connectivity index (χ1) is 9.06. The van der Waals surface area contributed by atoms with Crippen molar-refractivity contribution in [3.05, 3.63) is 55.1 Å². The number of H-pyrrole nitrogens is 1. The smallest absolute Gasteiger partial charge is 0.291 e. The molecule has 19 heavy (non-hydrogen) atoms. The molecule has 0 aliphatic carbocycles. The van der Waals surface area contributed by atoms with Gasteiger partial charge in [-0.3, -0.25) is 9.63 Å². The molecular formula is C12H9Br3N2O2. The Morgan fingerprint density at radius 1 is 1.21 bits per heavy atom. The van der Waals surface area contributed by atoms with Crippen LogP contribution in [-0.4, -0.2) is 10.9 Å². The average molecular weight is 453 g/mol. The summed E-state index contributed by atoms with van der Waals surface area (Å²) >= 11 is 9.91. The van der Waals surface area contributed by atoms with E-state index in [1.165, 1.54) is 0 Å². The number of aromatic nitrogens is 1. The number of hydrogen-bond donors (Lipinski definition) is 2. The van der Waals surface area contributed by atoms with Gasteiger partial charge in [0, 0.05) is 4.47 Å². The van der Waals surface area contributed by atoms with Crippen molar-refractivity contribution in [2.75, 3.05) is 0 Å². The molecule has 7 heteroatoms. The molecular weight excluding hydrogens is 444 g/mol. The van der Waals surface area contributed by atoms with Crippen LogP contribution in [0.3, 0.4) is 0 Å². The Hall–Kier alpha value is -0.630. The molecule has 0 unspecified atom stereocenters. The molecule has 1 aromatic heterocycles. The zero-order valence-corrected chi connectivity index (χ0v) is 14.3. The Morgan fingerprint density at radius 3 is 2.47 bits per heavy atom. The van der Waals surface area contributed by atoms with Crippen LogP contribution >= 0.6 is 47.8 Å². The summed E-state index contributed by atoms with van der Waals surface area (Å²) in [5, 5.41) is 0. The number of rotatable bonds is 4. The molecule has 0 atom stereocenters. The maximum atomic E-state index is 11.7. The van der Waals surface area contributed by atoms with E-state index in [9.17, 15) is 4.79 Å². The SMILES string of the molecule is O=C(NOCc1ccc(Br)cc1)c1cc(Br)c(Br)[nH]1. The lowest BCUT2D eigenvalue weighted by atomic mass is 10.2. The van der Waals surface area contributed by atoms with Crippen molar-refractivity contribution < 1.29 is 9.63 Å². The fourth-order valence-electron chi connectivity index (χ4n) is 1.35. The molecule has 0 aliphatic rings. The first kappa shape index (κ1) is 14.8. The van der Waals surface area contributed by atoms with Crippen LogP contribution in [0.5, 0.6) is 0 Å². The highest BCUT2D eigenvalue weighted by molar-refractivity contribution is 9.13. The highest BCUT2D eigenvalue weighted by Crippen LogP contribution is 2.22. The second-order valence-electron chi connectivity index (χ2n) is 3.69. The summed E-state index contributed by atoms with van der Waals surface area (Å²) in [5.41, 5.74) is 3.76. The van der Waals surface area contributed by atoms with E-state index in [0.29, 0.717) is 16.9 Å². The number of carbonyl (C=O) groups excluding carboxylic acids is 1. The van der Waals surface area contributed by atoms with E-state index in [4.69, 9.17) is 4.84 Å². The van der Waals surface area contributed by atoms with Crippen LogP contribution < -0.4 is 5.48 Å². The molecule has 100 valence electrons. The summed E-state index contributed by atoms with van der Waals surface area (Å²) < 4.78 is 2.50. The van der Waals surface area contributed by atoms with Gasteiger partial charge in [0.2, 0.25) is 0 Å². The van der Waals surface area contributed by atoms with E-state index in [1.807, 2.05) is 24.3 Å². The Balaban J connectivity index is 1.85. The lowest BCUT2D eigenvalue weighted by molar-refractivity contribution is 0.0230. The van der Waals surface area contributed by atoms with E-state index in [-0.39, 0.29) is 5.91 Å². The summed E-state index contributed by atoms with van der Waals surface area (Å²) in [7, 11) is 0. The maximum absolute atomic E-state index is 11.7. The Bertz CT molecular complexity index is 562. The van der Waals surface area contributed by atoms with Gasteiger partial charge in [-0.2, -0.15) is 0 Å². The number of carbonyl (C=O) groups is 1. The summed E-state index contributed by atoms with van der Waals surface area (Å²) in [6, 6.07) is 9.33. The minimum atomic E-state index is -0.330. The normalized spacial score (nSPS) is 10.5. The zero-order valence-electron chi connectivity index (χ0n) is 9.54. The van der Waals surface area contributed by atoms with Crippen LogP contribution in [0.1, 0.15) is 16.1 Å². The van der Waals surface area contributed by atoms with Crippen LogP contribution in [0.4, 0.5) is 0 Å². The van der Waals surface area contributed by atoms with E-state index < -0.39 is 0 Å². The Kier molecular flexibility index (Phi) is 5.20. The van der Waals surface area contributed by atoms with Gasteiger partial charge < -0.3 is 4.98 Å². The largest absolute Gasteiger partial charge is 0.344 e. The molecule has 0 spiro atoms. The highest BCUT2D eigenvalue weighted by Gasteiger charge is 2.10. The second-order valence-corrected chi connectivity index (χ2v) is 6.25. The van der Waals surface area contributed by atoms with Gasteiger partial charge in [0.15, 0.2) is 0 Å². The van der Waals surface area contributed by atoms with Crippen molar-refractivity contribution in [3.63, 3.8) is 0 Å². The van der Waals surface area contributed by atoms with Crippen LogP contribution in [0.2, 0.25) is 0 Å². The van der Waals surface area contributed by atoms with E-state index >= 15 is 0 Å². The molecule has 1 aromatic carbocycles. The van der Waals surface area contributed by atoms with Crippen molar-refractivity contribution in [2.24, 2.45) is 0 Å². The molecule has 1 heterocycles. The molecule has 1 amide bonds. The number of amides is 1. The number of aromatic amines is 1. The number of hydroxylamine groups is 1. The summed E-state index contributed by atoms with van der Waals surface area (Å²) in [6.07, 6.45) is 0. The summed E-state index contributed by atoms with van der Waals surface area (Å²) in [6.45, 7) is 0.308. The number of hydrogen-bond acceptors (Lipinski definition) is 2. The summed E-state index contributed by atoms with van der Waals surface area (Å²) in [5.74, 6) is -0.330. The predicted molar refractivity (Wildman–Crippen MR) is 82.6 cm³/mol. The minimum absolute atomic E-state index is 0.308. The van der Waals surface area contributed by atoms with Crippen molar-refractivity contribution >= 4 is 53.7 Å². The molecule has 0 saturated heterocycles. The topological polar surface area (TPSA) is 54.1 Å². The van der Waals surface area contributed by atoms with Crippen molar-refractivity contribution in [1.82, 2.24) is 10.5 Å². The fourth-order valence-corrected chi connectivity index (χ4v) is 2.27. The first-order valence-electron chi connectivity index (χ1n) is 5.27. The Morgan fingerprint density at radius 2 is 1.89 bits per heavy atom. The molecule has 0 radical (unpaired) electrons. The van der Waals surface area contributed by atoms with Gasteiger partial charge in [0.05, 0.1) is 15.7 Å². The highest BCUT2D eigenvalue weighted by atomic mass is 79.9. The number of halogens is 3. The van der Waals surface area contributed by atoms with Gasteiger partial charge >= 0.3 is 0 Å². The molecule has 2 rings (SSSR count). The van der Waals surface area contributed by atoms with E-state index in [2.05, 4.69) is 58.3 Å². The predicted octanol–water partition coefficient (Wildman–Crippen LogP) is 4.16. The molecule has 2 aromatic rings. The monoisotopic (exact) mass is 450 g/mol. The van der Waals surface area contributed by atoms with E-state index in [1.54, 1.807) is 6.07 Å². The molecule has 0 bridgehead atoms. The molecule has 2 N–H and O–H groups in total. The second kappa shape index (κ2) is 6.69. The lowest BCUT2D eigenvalue weighted by Gasteiger charge is -2.05. The molecule has 0 fully saturated rings. The third kappa shape index (κ3) is 4.17. The fraction of sp³-hybridized carbons (Fsp3) is 0.0833. The average Bonchev–Trinajstić information content (AvgIpc) is 2.72. The maximum Gasteiger partial charge on any atom is 0.291 e. The molecule has 0 aliphatic heterocycles. The zero-order chi connectivity index (χ0) is 13.8. The van der Waals surface area contributed by atoms with Crippen LogP contribution in [0, 0.1) is 0 Å². The van der Waals surface area contributed by atoms with Gasteiger partial charge in [-0.15, -0.1) is 0 Å². The first-order valence-corrected chi connectivity index (χ1v) is 7.65. The third-order valence-corrected chi connectivity index (χ3v) is 4.60. The quantitative estimate of drug-likeness (QED) is 0.684. The van der Waals surface area contributed by atoms with Crippen LogP contribution in [0.25, 0.3) is 0 Å². The van der Waals surface area contributed by atoms with Gasteiger partial charge in [0.25, 0.3) is 5.91 Å².